The van der Waals surface area contributed by atoms with E-state index in [-0.39, 0.29) is 5.97 Å². The van der Waals surface area contributed by atoms with Gasteiger partial charge in [-0.3, -0.25) is 0 Å². The molecule has 0 saturated carbocycles. The van der Waals surface area contributed by atoms with Crippen LogP contribution in [0.15, 0.2) is 59.6 Å². The van der Waals surface area contributed by atoms with E-state index in [1.165, 1.54) is 0 Å². The molecule has 5 heteroatoms. The summed E-state index contributed by atoms with van der Waals surface area (Å²) in [5.41, 5.74) is 2.01. The topological polar surface area (TPSA) is 47.9 Å². The van der Waals surface area contributed by atoms with Gasteiger partial charge in [0.1, 0.15) is 0 Å². The molecule has 2 aromatic carbocycles. The monoisotopic (exact) mass is 501 g/mol. The molecule has 0 spiro atoms. The van der Waals surface area contributed by atoms with Gasteiger partial charge < -0.3 is 0 Å². The molecule has 0 saturated heterocycles. The summed E-state index contributed by atoms with van der Waals surface area (Å²) in [5, 5.41) is 0. The van der Waals surface area contributed by atoms with E-state index in [1.54, 1.807) is 6.21 Å². The molecule has 1 aliphatic rings. The minimum absolute atomic E-state index is 0.221. The second-order valence-corrected chi connectivity index (χ2v) is 16.9. The summed E-state index contributed by atoms with van der Waals surface area (Å²) in [6.45, 7) is 4.34. The summed E-state index contributed by atoms with van der Waals surface area (Å²) < 4.78 is 14.8. The fourth-order valence-corrected chi connectivity index (χ4v) is 13.8. The minimum atomic E-state index is -3.66. The van der Waals surface area contributed by atoms with Gasteiger partial charge >= 0.3 is 180 Å². The number of aliphatic imine (C=N–C) groups is 1. The van der Waals surface area contributed by atoms with Crippen molar-refractivity contribution < 1.29 is 10.9 Å². The van der Waals surface area contributed by atoms with Crippen LogP contribution in [-0.4, -0.2) is 37.4 Å². The number of benzene rings is 2. The second-order valence-electron chi connectivity index (χ2n) is 7.66. The van der Waals surface area contributed by atoms with Crippen LogP contribution in [0.5, 0.6) is 5.75 Å². The van der Waals surface area contributed by atoms with Gasteiger partial charge in [0.15, 0.2) is 0 Å². The Bertz CT molecular complexity index is 814. The molecular weight excluding hydrogens is 469 g/mol. The average Bonchev–Trinajstić information content (AvgIpc) is 2.80. The van der Waals surface area contributed by atoms with E-state index in [0.29, 0.717) is 6.42 Å². The standard InChI is InChI=1S/C16H15NO3.2C4H9.Sn/c18-15-9-5-4-8-13(15)11-17-14(16(19)20)10-12-6-2-1-3-7-12;2*1-3-4-2;/h1-9,11,14,18H,10H2,(H,19,20);2*1,3-4H2,2H3;/q;;;+2/p-2/t14-;;;/m0.../s1. The first kappa shape index (κ1) is 21.9. The van der Waals surface area contributed by atoms with Crippen molar-refractivity contribution in [3.63, 3.8) is 0 Å². The van der Waals surface area contributed by atoms with Crippen molar-refractivity contribution in [2.75, 3.05) is 0 Å². The zero-order valence-electron chi connectivity index (χ0n) is 17.5. The fourth-order valence-electron chi connectivity index (χ4n) is 3.58. The number of carbonyl (C=O) groups is 1. The number of fused-ring (bicyclic) bond motifs is 1. The quantitative estimate of drug-likeness (QED) is 0.438. The van der Waals surface area contributed by atoms with Crippen molar-refractivity contribution in [1.82, 2.24) is 0 Å². The molecule has 0 radical (unpaired) electrons. The van der Waals surface area contributed by atoms with E-state index < -0.39 is 25.2 Å². The third-order valence-electron chi connectivity index (χ3n) is 5.26. The van der Waals surface area contributed by atoms with Crippen molar-refractivity contribution in [2.45, 2.75) is 60.9 Å². The van der Waals surface area contributed by atoms with E-state index in [2.05, 4.69) is 18.8 Å². The van der Waals surface area contributed by atoms with E-state index in [1.807, 2.05) is 54.6 Å². The van der Waals surface area contributed by atoms with Crippen molar-refractivity contribution >= 4 is 31.4 Å². The Morgan fingerprint density at radius 2 is 1.55 bits per heavy atom. The summed E-state index contributed by atoms with van der Waals surface area (Å²) in [6, 6.07) is 17.4. The third-order valence-corrected chi connectivity index (χ3v) is 15.0. The Balaban J connectivity index is 1.97. The van der Waals surface area contributed by atoms with Gasteiger partial charge in [-0.1, -0.05) is 0 Å². The Hall–Kier alpha value is -1.82. The van der Waals surface area contributed by atoms with Gasteiger partial charge in [0.25, 0.3) is 0 Å². The van der Waals surface area contributed by atoms with Crippen LogP contribution < -0.4 is 3.07 Å². The molecule has 154 valence electrons. The Labute approximate surface area is 179 Å². The molecule has 0 amide bonds. The number of rotatable bonds is 8. The first-order valence-electron chi connectivity index (χ1n) is 10.7. The Morgan fingerprint density at radius 1 is 0.897 bits per heavy atom. The predicted molar refractivity (Wildman–Crippen MR) is 120 cm³/mol. The van der Waals surface area contributed by atoms with Crippen LogP contribution in [0, 0.1) is 0 Å². The maximum absolute atomic E-state index is 13.3. The van der Waals surface area contributed by atoms with Gasteiger partial charge in [-0.2, -0.15) is 0 Å². The van der Waals surface area contributed by atoms with Crippen LogP contribution >= 0.6 is 0 Å². The number of hydrogen-bond acceptors (Lipinski definition) is 4. The van der Waals surface area contributed by atoms with E-state index in [4.69, 9.17) is 6.15 Å². The van der Waals surface area contributed by atoms with E-state index >= 15 is 0 Å². The molecule has 0 aromatic heterocycles. The SMILES string of the molecule is CCC[CH2][Sn]1([CH2]CCC)[O]C(=O)[C@H](Cc2ccccc2)N=Cc2ccccc2[O]1. The van der Waals surface area contributed by atoms with Crippen LogP contribution in [0.3, 0.4) is 0 Å². The maximum atomic E-state index is 13.3. The molecular formula is C24H31NO3Sn. The summed E-state index contributed by atoms with van der Waals surface area (Å²) in [7, 11) is 0. The predicted octanol–water partition coefficient (Wildman–Crippen LogP) is 5.69. The molecule has 1 atom stereocenters. The van der Waals surface area contributed by atoms with Gasteiger partial charge in [0.05, 0.1) is 0 Å². The number of carbonyl (C=O) groups excluding carboxylic acids is 1. The van der Waals surface area contributed by atoms with Gasteiger partial charge in [-0.25, -0.2) is 0 Å². The van der Waals surface area contributed by atoms with E-state index in [0.717, 1.165) is 51.4 Å². The van der Waals surface area contributed by atoms with Crippen LogP contribution in [0.1, 0.15) is 50.7 Å². The number of para-hydroxylation sites is 1. The molecule has 2 aromatic rings. The van der Waals surface area contributed by atoms with Crippen molar-refractivity contribution in [1.29, 1.82) is 0 Å². The molecule has 0 aliphatic carbocycles. The Morgan fingerprint density at radius 3 is 2.24 bits per heavy atom. The molecule has 0 N–H and O–H groups in total. The number of hydrogen-bond donors (Lipinski definition) is 0. The second kappa shape index (κ2) is 10.8. The molecule has 0 bridgehead atoms. The first-order chi connectivity index (χ1) is 14.2. The van der Waals surface area contributed by atoms with Gasteiger partial charge in [0.2, 0.25) is 0 Å². The van der Waals surface area contributed by atoms with Crippen molar-refractivity contribution in [3.05, 3.63) is 65.7 Å². The first-order valence-corrected chi connectivity index (χ1v) is 17.1. The third kappa shape index (κ3) is 6.08. The number of nitrogens with zero attached hydrogens (tertiary/aromatic N) is 1. The van der Waals surface area contributed by atoms with Crippen LogP contribution in [0.2, 0.25) is 8.87 Å². The van der Waals surface area contributed by atoms with Crippen molar-refractivity contribution in [2.24, 2.45) is 4.99 Å². The summed E-state index contributed by atoms with van der Waals surface area (Å²) in [5.74, 6) is 0.591. The van der Waals surface area contributed by atoms with Gasteiger partial charge in [-0.15, -0.1) is 0 Å². The summed E-state index contributed by atoms with van der Waals surface area (Å²) in [4.78, 5) is 17.9. The molecule has 29 heavy (non-hydrogen) atoms. The normalized spacial score (nSPS) is 18.0. The zero-order valence-corrected chi connectivity index (χ0v) is 20.3. The molecule has 1 heterocycles. The van der Waals surface area contributed by atoms with E-state index in [9.17, 15) is 4.79 Å². The van der Waals surface area contributed by atoms with Gasteiger partial charge in [-0.05, 0) is 0 Å². The van der Waals surface area contributed by atoms with Crippen molar-refractivity contribution in [3.8, 4) is 5.75 Å². The number of unbranched alkanes of at least 4 members (excludes halogenated alkanes) is 2. The molecule has 0 unspecified atom stereocenters. The molecule has 3 rings (SSSR count). The fraction of sp³-hybridized carbons (Fsp3) is 0.417. The zero-order chi connectivity index (χ0) is 20.5. The molecule has 4 nitrogen and oxygen atoms in total. The van der Waals surface area contributed by atoms with Crippen LogP contribution in [0.4, 0.5) is 0 Å². The summed E-state index contributed by atoms with van der Waals surface area (Å²) >= 11 is -3.66. The summed E-state index contributed by atoms with van der Waals surface area (Å²) in [6.07, 6.45) is 6.52. The van der Waals surface area contributed by atoms with Crippen LogP contribution in [-0.2, 0) is 14.3 Å². The van der Waals surface area contributed by atoms with Crippen LogP contribution in [0.25, 0.3) is 0 Å². The van der Waals surface area contributed by atoms with Gasteiger partial charge in [0, 0.05) is 0 Å². The molecule has 0 fully saturated rings. The average molecular weight is 500 g/mol. The molecule has 1 aliphatic heterocycles. The Kier molecular flexibility index (Phi) is 8.16.